The predicted octanol–water partition coefficient (Wildman–Crippen LogP) is -0.142. The van der Waals surface area contributed by atoms with Gasteiger partial charge in [-0.1, -0.05) is 0 Å². The number of rotatable bonds is 2. The molecule has 0 saturated carbocycles. The molecule has 0 bridgehead atoms. The number of hydrogen-bond donors (Lipinski definition) is 0. The van der Waals surface area contributed by atoms with Crippen LogP contribution in [0.1, 0.15) is 6.92 Å². The molecule has 0 unspecified atom stereocenters. The van der Waals surface area contributed by atoms with Crippen molar-refractivity contribution in [2.75, 3.05) is 5.75 Å². The molecule has 0 saturated heterocycles. The summed E-state index contributed by atoms with van der Waals surface area (Å²) in [4.78, 5) is 0. The third kappa shape index (κ3) is 5.34. The first-order valence-corrected chi connectivity index (χ1v) is 3.54. The van der Waals surface area contributed by atoms with Crippen molar-refractivity contribution in [1.82, 2.24) is 0 Å². The van der Waals surface area contributed by atoms with Gasteiger partial charge in [-0.05, 0) is 6.92 Å². The van der Waals surface area contributed by atoms with Gasteiger partial charge in [0.25, 0.3) is 10.1 Å². The van der Waals surface area contributed by atoms with Gasteiger partial charge in [-0.15, -0.1) is 0 Å². The average Bonchev–Trinajstić information content (AvgIpc) is 1.68. The van der Waals surface area contributed by atoms with Crippen LogP contribution in [0.4, 0.5) is 0 Å². The van der Waals surface area contributed by atoms with E-state index in [4.69, 9.17) is 0 Å². The zero-order chi connectivity index (χ0) is 5.91. The summed E-state index contributed by atoms with van der Waals surface area (Å²) >= 11 is 4.51. The van der Waals surface area contributed by atoms with Gasteiger partial charge < -0.3 is 0 Å². The molecule has 46 valence electrons. The van der Waals surface area contributed by atoms with Crippen LogP contribution in [-0.2, 0) is 13.9 Å². The molecule has 0 spiro atoms. The molecule has 0 heterocycles. The van der Waals surface area contributed by atoms with E-state index in [9.17, 15) is 8.42 Å². The Labute approximate surface area is 75.9 Å². The van der Waals surface area contributed by atoms with E-state index < -0.39 is 10.1 Å². The normalized spacial score (nSPS) is 10.2. The molecule has 0 atom stereocenters. The Balaban J connectivity index is 0. The van der Waals surface area contributed by atoms with Gasteiger partial charge in [0.05, 0.1) is 17.6 Å². The van der Waals surface area contributed by atoms with Crippen molar-refractivity contribution < 1.29 is 12.2 Å². The van der Waals surface area contributed by atoms with Crippen molar-refractivity contribution in [1.29, 1.82) is 0 Å². The quantitative estimate of drug-likeness (QED) is 0.539. The van der Waals surface area contributed by atoms with Crippen LogP contribution in [0.2, 0.25) is 0 Å². The van der Waals surface area contributed by atoms with Crippen LogP contribution in [0.15, 0.2) is 0 Å². The third-order valence-electron chi connectivity index (χ3n) is 0.450. The Morgan fingerprint density at radius 3 is 2.00 bits per heavy atom. The molecule has 0 N–H and O–H groups in total. The van der Waals surface area contributed by atoms with E-state index in [-0.39, 0.29) is 35.3 Å². The maximum atomic E-state index is 10.0. The SMILES string of the molecule is CCS(=O)(=O)OCl.[NaH]. The molecule has 0 aromatic rings. The second-order valence-electron chi connectivity index (χ2n) is 0.909. The Bertz CT molecular complexity index is 120. The molecule has 0 aromatic heterocycles. The zero-order valence-corrected chi connectivity index (χ0v) is 5.29. The Hall–Kier alpha value is 1.20. The minimum atomic E-state index is -3.39. The van der Waals surface area contributed by atoms with E-state index in [0.717, 1.165) is 0 Å². The minimum absolute atomic E-state index is 0. The summed E-state index contributed by atoms with van der Waals surface area (Å²) in [6.07, 6.45) is 0. The van der Waals surface area contributed by atoms with Gasteiger partial charge in [0, 0.05) is 0 Å². The Kier molecular flexibility index (Phi) is 7.49. The molecular formula is C2H6ClNaO3S. The summed E-state index contributed by atoms with van der Waals surface area (Å²) < 4.78 is 23.6. The van der Waals surface area contributed by atoms with Crippen LogP contribution in [0.25, 0.3) is 0 Å². The molecule has 0 radical (unpaired) electrons. The summed E-state index contributed by atoms with van der Waals surface area (Å²) in [5.74, 6) is -0.0868. The first kappa shape index (κ1) is 11.9. The van der Waals surface area contributed by atoms with E-state index in [1.165, 1.54) is 6.92 Å². The molecule has 0 fully saturated rings. The molecule has 0 amide bonds. The molecule has 0 aliphatic rings. The number of halogens is 1. The van der Waals surface area contributed by atoms with Crippen molar-refractivity contribution in [3.8, 4) is 0 Å². The summed E-state index contributed by atoms with van der Waals surface area (Å²) in [5, 5.41) is 0. The molecule has 0 rings (SSSR count). The molecule has 3 nitrogen and oxygen atoms in total. The van der Waals surface area contributed by atoms with Gasteiger partial charge in [-0.2, -0.15) is 12.2 Å². The van der Waals surface area contributed by atoms with Crippen LogP contribution in [-0.4, -0.2) is 43.7 Å². The van der Waals surface area contributed by atoms with Gasteiger partial charge in [-0.3, -0.25) is 0 Å². The van der Waals surface area contributed by atoms with Crippen molar-refractivity contribution in [2.24, 2.45) is 0 Å². The summed E-state index contributed by atoms with van der Waals surface area (Å²) in [7, 11) is -3.39. The van der Waals surface area contributed by atoms with Gasteiger partial charge in [0.1, 0.15) is 0 Å². The van der Waals surface area contributed by atoms with Crippen LogP contribution in [0.5, 0.6) is 0 Å². The van der Waals surface area contributed by atoms with Crippen LogP contribution >= 0.6 is 11.9 Å². The first-order valence-electron chi connectivity index (χ1n) is 1.65. The molecule has 0 aliphatic carbocycles. The Morgan fingerprint density at radius 2 is 2.00 bits per heavy atom. The van der Waals surface area contributed by atoms with Crippen LogP contribution < -0.4 is 0 Å². The molecule has 8 heavy (non-hydrogen) atoms. The average molecular weight is 169 g/mol. The second kappa shape index (κ2) is 5.02. The zero-order valence-electron chi connectivity index (χ0n) is 3.72. The molecule has 0 aliphatic heterocycles. The molecule has 6 heteroatoms. The van der Waals surface area contributed by atoms with Crippen molar-refractivity contribution in [2.45, 2.75) is 6.92 Å². The topological polar surface area (TPSA) is 43.4 Å². The molecule has 0 aromatic carbocycles. The first-order chi connectivity index (χ1) is 3.12. The van der Waals surface area contributed by atoms with Gasteiger partial charge in [-0.25, -0.2) is 0 Å². The van der Waals surface area contributed by atoms with E-state index in [0.29, 0.717) is 0 Å². The fraction of sp³-hybridized carbons (Fsp3) is 1.00. The van der Waals surface area contributed by atoms with Gasteiger partial charge >= 0.3 is 29.6 Å². The van der Waals surface area contributed by atoms with Crippen molar-refractivity contribution in [3.05, 3.63) is 0 Å². The van der Waals surface area contributed by atoms with E-state index in [1.54, 1.807) is 0 Å². The second-order valence-corrected chi connectivity index (χ2v) is 3.11. The summed E-state index contributed by atoms with van der Waals surface area (Å²) in [6.45, 7) is 1.44. The standard InChI is InChI=1S/C2H5ClO3S.Na.H/c1-2-7(4,5)6-3;;/h2H2,1H3;;. The van der Waals surface area contributed by atoms with Crippen LogP contribution in [0.3, 0.4) is 0 Å². The fourth-order valence-corrected chi connectivity index (χ4v) is 0.401. The predicted molar refractivity (Wildman–Crippen MR) is 33.5 cm³/mol. The number of hydrogen-bond acceptors (Lipinski definition) is 3. The maximum absolute atomic E-state index is 10.0. The third-order valence-corrected chi connectivity index (χ3v) is 1.92. The summed E-state index contributed by atoms with van der Waals surface area (Å²) in [5.41, 5.74) is 0. The van der Waals surface area contributed by atoms with Crippen LogP contribution in [0, 0.1) is 0 Å². The summed E-state index contributed by atoms with van der Waals surface area (Å²) in [6, 6.07) is 0. The molecular weight excluding hydrogens is 163 g/mol. The van der Waals surface area contributed by atoms with Crippen molar-refractivity contribution >= 4 is 51.5 Å². The Morgan fingerprint density at radius 1 is 1.62 bits per heavy atom. The van der Waals surface area contributed by atoms with Gasteiger partial charge in [0.15, 0.2) is 0 Å². The monoisotopic (exact) mass is 168 g/mol. The van der Waals surface area contributed by atoms with Crippen molar-refractivity contribution in [3.63, 3.8) is 0 Å². The van der Waals surface area contributed by atoms with E-state index in [1.807, 2.05) is 0 Å². The van der Waals surface area contributed by atoms with E-state index >= 15 is 0 Å². The fourth-order valence-electron chi connectivity index (χ4n) is 0.0445. The van der Waals surface area contributed by atoms with Gasteiger partial charge in [0.2, 0.25) is 0 Å². The van der Waals surface area contributed by atoms with E-state index in [2.05, 4.69) is 15.6 Å².